The molecule has 0 amide bonds. The summed E-state index contributed by atoms with van der Waals surface area (Å²) in [5.74, 6) is 1.19. The molecule has 0 fully saturated rings. The maximum atomic E-state index is 12.4. The van der Waals surface area contributed by atoms with Gasteiger partial charge in [0.25, 0.3) is 0 Å². The van der Waals surface area contributed by atoms with Crippen LogP contribution >= 0.6 is 0 Å². The van der Waals surface area contributed by atoms with E-state index in [4.69, 9.17) is 9.47 Å². The van der Waals surface area contributed by atoms with Crippen LogP contribution in [0.4, 0.5) is 0 Å². The van der Waals surface area contributed by atoms with Gasteiger partial charge in [-0.05, 0) is 37.5 Å². The molecule has 5 nitrogen and oxygen atoms in total. The van der Waals surface area contributed by atoms with Crippen molar-refractivity contribution in [2.45, 2.75) is 38.7 Å². The van der Waals surface area contributed by atoms with Crippen molar-refractivity contribution in [3.05, 3.63) is 71.8 Å². The van der Waals surface area contributed by atoms with E-state index in [1.165, 1.54) is 0 Å². The summed E-state index contributed by atoms with van der Waals surface area (Å²) in [6.45, 7) is 7.85. The van der Waals surface area contributed by atoms with Gasteiger partial charge < -0.3 is 9.47 Å². The number of sulfonamides is 1. The van der Waals surface area contributed by atoms with Crippen LogP contribution in [0, 0.1) is 0 Å². The zero-order valence-corrected chi connectivity index (χ0v) is 16.9. The molecule has 27 heavy (non-hydrogen) atoms. The first-order valence-electron chi connectivity index (χ1n) is 8.84. The summed E-state index contributed by atoms with van der Waals surface area (Å²) in [5, 5.41) is 0. The Morgan fingerprint density at radius 3 is 2.44 bits per heavy atom. The van der Waals surface area contributed by atoms with E-state index in [2.05, 4.69) is 11.3 Å². The molecule has 0 aliphatic rings. The van der Waals surface area contributed by atoms with Gasteiger partial charge in [0.15, 0.2) is 11.5 Å². The van der Waals surface area contributed by atoms with E-state index < -0.39 is 10.0 Å². The quantitative estimate of drug-likeness (QED) is 0.627. The Balaban J connectivity index is 2.25. The zero-order valence-electron chi connectivity index (χ0n) is 16.1. The zero-order chi connectivity index (χ0) is 19.9. The minimum Gasteiger partial charge on any atom is -0.493 e. The second-order valence-electron chi connectivity index (χ2n) is 6.46. The average Bonchev–Trinajstić information content (AvgIpc) is 2.62. The van der Waals surface area contributed by atoms with E-state index in [-0.39, 0.29) is 18.4 Å². The van der Waals surface area contributed by atoms with Gasteiger partial charge in [0.05, 0.1) is 19.0 Å². The highest BCUT2D eigenvalue weighted by atomic mass is 32.2. The molecule has 0 aromatic heterocycles. The minimum atomic E-state index is -3.46. The first-order valence-corrected chi connectivity index (χ1v) is 10.5. The molecule has 0 unspecified atom stereocenters. The second kappa shape index (κ2) is 9.58. The smallest absolute Gasteiger partial charge is 0.216 e. The van der Waals surface area contributed by atoms with E-state index >= 15 is 0 Å². The molecule has 2 rings (SSSR count). The van der Waals surface area contributed by atoms with Gasteiger partial charge in [-0.1, -0.05) is 42.5 Å². The number of rotatable bonds is 10. The predicted octanol–water partition coefficient (Wildman–Crippen LogP) is 3.83. The van der Waals surface area contributed by atoms with Crippen molar-refractivity contribution < 1.29 is 17.9 Å². The van der Waals surface area contributed by atoms with Crippen LogP contribution in [-0.2, 0) is 28.7 Å². The lowest BCUT2D eigenvalue weighted by molar-refractivity contribution is 0.227. The summed E-state index contributed by atoms with van der Waals surface area (Å²) in [6, 6.07) is 12.8. The average molecular weight is 390 g/mol. The standard InChI is InChI=1S/C21H27NO4S/c1-5-9-19-18(12-13-20(25-4)21(19)26-16(2)3)14-22-27(23,24)15-17-10-7-6-8-11-17/h5-8,10-13,16,22H,1,9,14-15H2,2-4H3. The van der Waals surface area contributed by atoms with Crippen molar-refractivity contribution in [2.75, 3.05) is 7.11 Å². The number of nitrogens with one attached hydrogen (secondary N) is 1. The Hall–Kier alpha value is -2.31. The number of benzene rings is 2. The lowest BCUT2D eigenvalue weighted by Gasteiger charge is -2.20. The molecule has 0 aliphatic carbocycles. The number of allylic oxidation sites excluding steroid dienone is 1. The maximum absolute atomic E-state index is 12.4. The number of ether oxygens (including phenoxy) is 2. The fourth-order valence-corrected chi connectivity index (χ4v) is 3.85. The molecular formula is C21H27NO4S. The van der Waals surface area contributed by atoms with Gasteiger partial charge in [-0.25, -0.2) is 13.1 Å². The molecule has 0 spiro atoms. The SMILES string of the molecule is C=CCc1c(CNS(=O)(=O)Cc2ccccc2)ccc(OC)c1OC(C)C. The van der Waals surface area contributed by atoms with Crippen LogP contribution < -0.4 is 14.2 Å². The van der Waals surface area contributed by atoms with E-state index in [1.54, 1.807) is 31.4 Å². The highest BCUT2D eigenvalue weighted by Crippen LogP contribution is 2.35. The summed E-state index contributed by atoms with van der Waals surface area (Å²) in [4.78, 5) is 0. The van der Waals surface area contributed by atoms with Crippen LogP contribution in [0.5, 0.6) is 11.5 Å². The Kier molecular flexibility index (Phi) is 7.45. The molecule has 0 bridgehead atoms. The lowest BCUT2D eigenvalue weighted by Crippen LogP contribution is -2.25. The van der Waals surface area contributed by atoms with Crippen molar-refractivity contribution >= 4 is 10.0 Å². The van der Waals surface area contributed by atoms with Gasteiger partial charge >= 0.3 is 0 Å². The molecule has 2 aromatic carbocycles. The highest BCUT2D eigenvalue weighted by molar-refractivity contribution is 7.88. The Labute approximate surface area is 162 Å². The predicted molar refractivity (Wildman–Crippen MR) is 109 cm³/mol. The van der Waals surface area contributed by atoms with Crippen molar-refractivity contribution in [1.29, 1.82) is 0 Å². The Morgan fingerprint density at radius 1 is 1.15 bits per heavy atom. The molecule has 0 saturated carbocycles. The molecule has 0 atom stereocenters. The number of methoxy groups -OCH3 is 1. The van der Waals surface area contributed by atoms with E-state index in [0.717, 1.165) is 16.7 Å². The normalized spacial score (nSPS) is 11.4. The molecule has 0 heterocycles. The van der Waals surface area contributed by atoms with E-state index in [9.17, 15) is 8.42 Å². The van der Waals surface area contributed by atoms with Gasteiger partial charge in [-0.15, -0.1) is 6.58 Å². The third-order valence-corrected chi connectivity index (χ3v) is 5.22. The van der Waals surface area contributed by atoms with Crippen molar-refractivity contribution in [3.63, 3.8) is 0 Å². The third-order valence-electron chi connectivity index (χ3n) is 3.93. The van der Waals surface area contributed by atoms with Gasteiger partial charge in [0.2, 0.25) is 10.0 Å². The van der Waals surface area contributed by atoms with Gasteiger partial charge in [0, 0.05) is 12.1 Å². The fourth-order valence-electron chi connectivity index (χ4n) is 2.74. The summed E-state index contributed by atoms with van der Waals surface area (Å²) < 4.78 is 38.9. The monoisotopic (exact) mass is 389 g/mol. The van der Waals surface area contributed by atoms with Crippen LogP contribution in [0.15, 0.2) is 55.1 Å². The van der Waals surface area contributed by atoms with Crippen LogP contribution in [0.1, 0.15) is 30.5 Å². The van der Waals surface area contributed by atoms with Crippen LogP contribution in [-0.4, -0.2) is 21.6 Å². The fraction of sp³-hybridized carbons (Fsp3) is 0.333. The maximum Gasteiger partial charge on any atom is 0.216 e. The van der Waals surface area contributed by atoms with E-state index in [0.29, 0.717) is 17.9 Å². The highest BCUT2D eigenvalue weighted by Gasteiger charge is 2.18. The molecule has 2 aromatic rings. The van der Waals surface area contributed by atoms with Gasteiger partial charge in [0.1, 0.15) is 0 Å². The van der Waals surface area contributed by atoms with Crippen LogP contribution in [0.2, 0.25) is 0 Å². The molecule has 6 heteroatoms. The van der Waals surface area contributed by atoms with Crippen molar-refractivity contribution in [3.8, 4) is 11.5 Å². The first kappa shape index (κ1) is 21.0. The lowest BCUT2D eigenvalue weighted by atomic mass is 10.0. The minimum absolute atomic E-state index is 0.0347. The summed E-state index contributed by atoms with van der Waals surface area (Å²) in [5.41, 5.74) is 2.46. The largest absolute Gasteiger partial charge is 0.493 e. The van der Waals surface area contributed by atoms with Gasteiger partial charge in [-0.3, -0.25) is 0 Å². The van der Waals surface area contributed by atoms with E-state index in [1.807, 2.05) is 38.1 Å². The molecule has 0 aliphatic heterocycles. The summed E-state index contributed by atoms with van der Waals surface area (Å²) >= 11 is 0. The Bertz CT molecular complexity index is 861. The molecule has 0 saturated heterocycles. The third kappa shape index (κ3) is 6.12. The molecule has 1 N–H and O–H groups in total. The second-order valence-corrected chi connectivity index (χ2v) is 8.27. The molecule has 0 radical (unpaired) electrons. The number of hydrogen-bond acceptors (Lipinski definition) is 4. The van der Waals surface area contributed by atoms with Crippen LogP contribution in [0.3, 0.4) is 0 Å². The van der Waals surface area contributed by atoms with Crippen molar-refractivity contribution in [2.24, 2.45) is 0 Å². The van der Waals surface area contributed by atoms with Crippen LogP contribution in [0.25, 0.3) is 0 Å². The molecular weight excluding hydrogens is 362 g/mol. The topological polar surface area (TPSA) is 64.6 Å². The molecule has 146 valence electrons. The van der Waals surface area contributed by atoms with Gasteiger partial charge in [-0.2, -0.15) is 0 Å². The summed E-state index contributed by atoms with van der Waals surface area (Å²) in [6.07, 6.45) is 2.28. The first-order chi connectivity index (χ1) is 12.9. The Morgan fingerprint density at radius 2 is 1.85 bits per heavy atom. The number of hydrogen-bond donors (Lipinski definition) is 1. The summed E-state index contributed by atoms with van der Waals surface area (Å²) in [7, 11) is -1.88. The van der Waals surface area contributed by atoms with Crippen molar-refractivity contribution in [1.82, 2.24) is 4.72 Å².